The predicted molar refractivity (Wildman–Crippen MR) is 122 cm³/mol. The topological polar surface area (TPSA) is 133 Å². The SMILES string of the molecule is NC(=O)CC12CC3CC(C1)C(NC(=O)CN1CC(O)CN(c4ccccc4F)S1(=O)=O)C(C3)C2. The van der Waals surface area contributed by atoms with Crippen LogP contribution in [0.15, 0.2) is 24.3 Å². The lowest BCUT2D eigenvalue weighted by atomic mass is 9.47. The number of rotatable bonds is 6. The molecule has 4 aliphatic carbocycles. The molecule has 0 radical (unpaired) electrons. The number of anilines is 1. The van der Waals surface area contributed by atoms with Gasteiger partial charge < -0.3 is 16.2 Å². The summed E-state index contributed by atoms with van der Waals surface area (Å²) < 4.78 is 42.4. The molecule has 3 unspecified atom stereocenters. The lowest BCUT2D eigenvalue weighted by Gasteiger charge is -2.60. The minimum atomic E-state index is -4.20. The molecule has 1 saturated heterocycles. The molecule has 1 aromatic rings. The number of amides is 2. The van der Waals surface area contributed by atoms with Crippen molar-refractivity contribution >= 4 is 27.7 Å². The molecule has 9 nitrogen and oxygen atoms in total. The van der Waals surface area contributed by atoms with Crippen molar-refractivity contribution in [2.75, 3.05) is 23.9 Å². The molecule has 5 aliphatic rings. The molecule has 3 atom stereocenters. The van der Waals surface area contributed by atoms with Crippen LogP contribution in [0.3, 0.4) is 0 Å². The molecule has 4 N–H and O–H groups in total. The highest BCUT2D eigenvalue weighted by atomic mass is 32.2. The van der Waals surface area contributed by atoms with Crippen LogP contribution < -0.4 is 15.4 Å². The van der Waals surface area contributed by atoms with Crippen molar-refractivity contribution in [3.8, 4) is 0 Å². The number of β-amino-alcohol motifs (C(OH)–C–C–N with tert-alkyl or cyclic N) is 1. The Morgan fingerprint density at radius 1 is 1.15 bits per heavy atom. The second kappa shape index (κ2) is 8.46. The second-order valence-electron chi connectivity index (χ2n) is 10.6. The number of carbonyl (C=O) groups is 2. The van der Waals surface area contributed by atoms with Crippen LogP contribution in [-0.4, -0.2) is 61.4 Å². The summed E-state index contributed by atoms with van der Waals surface area (Å²) in [5.41, 5.74) is 5.29. The van der Waals surface area contributed by atoms with Crippen molar-refractivity contribution in [2.45, 2.75) is 50.7 Å². The van der Waals surface area contributed by atoms with E-state index in [1.807, 2.05) is 0 Å². The third-order valence-electron chi connectivity index (χ3n) is 8.11. The number of carbonyl (C=O) groups excluding carboxylic acids is 2. The molecule has 2 amide bonds. The number of nitrogens with zero attached hydrogens (tertiary/aromatic N) is 2. The number of aliphatic hydroxyl groups is 1. The van der Waals surface area contributed by atoms with Gasteiger partial charge in [0.25, 0.3) is 0 Å². The first-order valence-electron chi connectivity index (χ1n) is 11.8. The van der Waals surface area contributed by atoms with Gasteiger partial charge in [0, 0.05) is 19.0 Å². The van der Waals surface area contributed by atoms with E-state index in [1.165, 1.54) is 18.2 Å². The Labute approximate surface area is 198 Å². The fourth-order valence-corrected chi connectivity index (χ4v) is 8.92. The first-order chi connectivity index (χ1) is 16.1. The molecule has 6 rings (SSSR count). The lowest BCUT2D eigenvalue weighted by molar-refractivity contribution is -0.134. The summed E-state index contributed by atoms with van der Waals surface area (Å²) in [6.07, 6.45) is 4.00. The Morgan fingerprint density at radius 2 is 1.82 bits per heavy atom. The highest BCUT2D eigenvalue weighted by Gasteiger charge is 2.56. The summed E-state index contributed by atoms with van der Waals surface area (Å²) in [5, 5.41) is 13.4. The molecule has 5 fully saturated rings. The number of nitrogens with two attached hydrogens (primary N) is 1. The van der Waals surface area contributed by atoms with Gasteiger partial charge in [-0.15, -0.1) is 0 Å². The van der Waals surface area contributed by atoms with Gasteiger partial charge in [0.2, 0.25) is 11.8 Å². The van der Waals surface area contributed by atoms with Gasteiger partial charge in [-0.25, -0.2) is 4.39 Å². The summed E-state index contributed by atoms with van der Waals surface area (Å²) >= 11 is 0. The molecule has 4 saturated carbocycles. The Morgan fingerprint density at radius 3 is 2.47 bits per heavy atom. The number of nitrogens with one attached hydrogen (secondary N) is 1. The standard InChI is InChI=1S/C23H31FN4O5S/c24-18-3-1-2-4-19(18)28-12-17(29)11-27(34(28,32)33)13-21(31)26-22-15-5-14-6-16(22)9-23(7-14,8-15)10-20(25)30/h1-4,14-17,22,29H,5-13H2,(H2,25,30)(H,26,31). The van der Waals surface area contributed by atoms with Gasteiger partial charge in [-0.3, -0.25) is 13.9 Å². The predicted octanol–water partition coefficient (Wildman–Crippen LogP) is 0.740. The van der Waals surface area contributed by atoms with Gasteiger partial charge >= 0.3 is 10.2 Å². The maximum atomic E-state index is 14.3. The average Bonchev–Trinajstić information content (AvgIpc) is 2.72. The molecule has 0 spiro atoms. The van der Waals surface area contributed by atoms with E-state index in [0.29, 0.717) is 12.3 Å². The van der Waals surface area contributed by atoms with Gasteiger partial charge in [0.05, 0.1) is 24.9 Å². The first-order valence-corrected chi connectivity index (χ1v) is 13.2. The Bertz CT molecular complexity index is 1080. The summed E-state index contributed by atoms with van der Waals surface area (Å²) in [6, 6.07) is 5.39. The van der Waals surface area contributed by atoms with E-state index in [9.17, 15) is 27.5 Å². The molecule has 1 heterocycles. The second-order valence-corrected chi connectivity index (χ2v) is 12.5. The van der Waals surface area contributed by atoms with E-state index in [-0.39, 0.29) is 48.0 Å². The maximum absolute atomic E-state index is 14.3. The fraction of sp³-hybridized carbons (Fsp3) is 0.652. The quantitative estimate of drug-likeness (QED) is 0.537. The van der Waals surface area contributed by atoms with Crippen molar-refractivity contribution in [3.63, 3.8) is 0 Å². The van der Waals surface area contributed by atoms with E-state index in [1.54, 1.807) is 0 Å². The average molecular weight is 495 g/mol. The highest BCUT2D eigenvalue weighted by Crippen LogP contribution is 2.61. The van der Waals surface area contributed by atoms with Crippen molar-refractivity contribution in [1.82, 2.24) is 9.62 Å². The smallest absolute Gasteiger partial charge is 0.304 e. The summed E-state index contributed by atoms with van der Waals surface area (Å²) in [7, 11) is -4.20. The number of hydrogen-bond donors (Lipinski definition) is 3. The number of aliphatic hydroxyl groups excluding tert-OH is 1. The summed E-state index contributed by atoms with van der Waals surface area (Å²) in [4.78, 5) is 24.6. The summed E-state index contributed by atoms with van der Waals surface area (Å²) in [5.74, 6) is -0.413. The number of hydrogen-bond acceptors (Lipinski definition) is 5. The minimum Gasteiger partial charge on any atom is -0.390 e. The Balaban J connectivity index is 1.28. The zero-order valence-electron chi connectivity index (χ0n) is 18.9. The van der Waals surface area contributed by atoms with Gasteiger partial charge in [0.15, 0.2) is 0 Å². The maximum Gasteiger partial charge on any atom is 0.304 e. The van der Waals surface area contributed by atoms with Crippen LogP contribution in [0.1, 0.15) is 38.5 Å². The molecule has 186 valence electrons. The van der Waals surface area contributed by atoms with E-state index in [4.69, 9.17) is 5.73 Å². The number of para-hydroxylation sites is 1. The van der Waals surface area contributed by atoms with E-state index < -0.39 is 34.6 Å². The lowest BCUT2D eigenvalue weighted by Crippen LogP contribution is -2.62. The molecule has 34 heavy (non-hydrogen) atoms. The van der Waals surface area contributed by atoms with Crippen LogP contribution in [0.4, 0.5) is 10.1 Å². The number of halogens is 1. The van der Waals surface area contributed by atoms with Crippen LogP contribution in [0.25, 0.3) is 0 Å². The zero-order valence-corrected chi connectivity index (χ0v) is 19.7. The molecule has 0 aromatic heterocycles. The largest absolute Gasteiger partial charge is 0.390 e. The molecular weight excluding hydrogens is 463 g/mol. The minimum absolute atomic E-state index is 0.0647. The van der Waals surface area contributed by atoms with E-state index >= 15 is 0 Å². The van der Waals surface area contributed by atoms with Crippen LogP contribution >= 0.6 is 0 Å². The van der Waals surface area contributed by atoms with Gasteiger partial charge in [-0.2, -0.15) is 12.7 Å². The van der Waals surface area contributed by atoms with Crippen molar-refractivity contribution in [1.29, 1.82) is 0 Å². The van der Waals surface area contributed by atoms with E-state index in [0.717, 1.165) is 46.8 Å². The normalized spacial score (nSPS) is 36.4. The third kappa shape index (κ3) is 4.18. The number of benzene rings is 1. The van der Waals surface area contributed by atoms with Gasteiger partial charge in [-0.05, 0) is 67.4 Å². The third-order valence-corrected chi connectivity index (χ3v) is 9.95. The van der Waals surface area contributed by atoms with Crippen LogP contribution in [0, 0.1) is 29.0 Å². The molecule has 1 aromatic carbocycles. The molecule has 4 bridgehead atoms. The van der Waals surface area contributed by atoms with Crippen LogP contribution in [0.2, 0.25) is 0 Å². The Kier molecular flexibility index (Phi) is 5.84. The zero-order chi connectivity index (χ0) is 24.3. The highest BCUT2D eigenvalue weighted by molar-refractivity contribution is 7.90. The summed E-state index contributed by atoms with van der Waals surface area (Å²) in [6.45, 7) is -0.963. The molecule has 11 heteroatoms. The number of primary amides is 1. The molecule has 1 aliphatic heterocycles. The van der Waals surface area contributed by atoms with Crippen LogP contribution in [-0.2, 0) is 19.8 Å². The molecular formula is C23H31FN4O5S. The fourth-order valence-electron chi connectivity index (χ4n) is 7.24. The monoisotopic (exact) mass is 494 g/mol. The first kappa shape index (κ1) is 23.5. The van der Waals surface area contributed by atoms with Crippen molar-refractivity contribution in [2.24, 2.45) is 28.9 Å². The van der Waals surface area contributed by atoms with Crippen molar-refractivity contribution in [3.05, 3.63) is 30.1 Å². The van der Waals surface area contributed by atoms with Gasteiger partial charge in [-0.1, -0.05) is 12.1 Å². The van der Waals surface area contributed by atoms with Crippen molar-refractivity contribution < 1.29 is 27.5 Å². The van der Waals surface area contributed by atoms with Gasteiger partial charge in [0.1, 0.15) is 5.82 Å². The Hall–Kier alpha value is -2.24. The van der Waals surface area contributed by atoms with E-state index in [2.05, 4.69) is 5.32 Å². The van der Waals surface area contributed by atoms with Crippen LogP contribution in [0.5, 0.6) is 0 Å².